The van der Waals surface area contributed by atoms with Crippen LogP contribution in [0.25, 0.3) is 5.73 Å². The Hall–Kier alpha value is -0.156. The first-order chi connectivity index (χ1) is 11.0. The van der Waals surface area contributed by atoms with E-state index in [1.165, 1.54) is 37.7 Å². The van der Waals surface area contributed by atoms with Crippen molar-refractivity contribution in [3.63, 3.8) is 0 Å². The molecule has 0 aromatic carbocycles. The topological polar surface area (TPSA) is 23.8 Å². The minimum atomic E-state index is -0.266. The summed E-state index contributed by atoms with van der Waals surface area (Å²) in [7, 11) is 0. The summed E-state index contributed by atoms with van der Waals surface area (Å²) in [5, 5.41) is 0. The van der Waals surface area contributed by atoms with E-state index in [1.54, 1.807) is 0 Å². The molecule has 1 nitrogen and oxygen atoms in total. The fourth-order valence-electron chi connectivity index (χ4n) is 3.03. The molecule has 0 saturated heterocycles. The SMILES string of the molecule is C=C(C)CCC1C#CCCCCC1.CC.CC(C)(C)CC(C)(C)[NH-].[CH3-].[V+2]. The average Bonchev–Trinajstić information content (AvgIpc) is 2.36. The van der Waals surface area contributed by atoms with E-state index in [0.29, 0.717) is 11.3 Å². The largest absolute Gasteiger partial charge is 2.00 e. The van der Waals surface area contributed by atoms with Crippen molar-refractivity contribution >= 4 is 0 Å². The van der Waals surface area contributed by atoms with Crippen molar-refractivity contribution in [1.29, 1.82) is 0 Å². The minimum Gasteiger partial charge on any atom is -0.672 e. The van der Waals surface area contributed by atoms with Gasteiger partial charge in [-0.25, -0.2) is 0 Å². The van der Waals surface area contributed by atoms with Gasteiger partial charge < -0.3 is 13.2 Å². The Kier molecular flexibility index (Phi) is 23.4. The van der Waals surface area contributed by atoms with Crippen molar-refractivity contribution in [2.45, 2.75) is 112 Å². The number of hydrogen-bond acceptors (Lipinski definition) is 0. The third-order valence-corrected chi connectivity index (χ3v) is 3.55. The Morgan fingerprint density at radius 3 is 2.00 bits per heavy atom. The number of allylic oxidation sites excluding steroid dienone is 1. The Morgan fingerprint density at radius 1 is 1.08 bits per heavy atom. The van der Waals surface area contributed by atoms with Crippen LogP contribution in [0.2, 0.25) is 0 Å². The van der Waals surface area contributed by atoms with Gasteiger partial charge in [0.1, 0.15) is 0 Å². The van der Waals surface area contributed by atoms with Crippen LogP contribution in [0.4, 0.5) is 0 Å². The predicted octanol–water partition coefficient (Wildman–Crippen LogP) is 8.65. The molecule has 1 N–H and O–H groups in total. The zero-order chi connectivity index (χ0) is 19.2. The number of nitrogens with one attached hydrogen (secondary N) is 1. The molecule has 0 amide bonds. The molecule has 1 rings (SSSR count). The van der Waals surface area contributed by atoms with Gasteiger partial charge in [-0.1, -0.05) is 79.2 Å². The summed E-state index contributed by atoms with van der Waals surface area (Å²) in [6.07, 6.45) is 9.81. The molecule has 0 bridgehead atoms. The molecule has 0 saturated carbocycles. The molecule has 0 fully saturated rings. The first kappa shape index (κ1) is 33.4. The van der Waals surface area contributed by atoms with Gasteiger partial charge in [-0.2, -0.15) is 0 Å². The monoisotopic (exact) mass is 400 g/mol. The number of rotatable bonds is 4. The summed E-state index contributed by atoms with van der Waals surface area (Å²) in [5.41, 5.74) is 8.91. The van der Waals surface area contributed by atoms with Crippen molar-refractivity contribution in [3.05, 3.63) is 25.3 Å². The molecular formula is C24H47NV. The van der Waals surface area contributed by atoms with Gasteiger partial charge in [0, 0.05) is 12.3 Å². The van der Waals surface area contributed by atoms with Crippen molar-refractivity contribution in [2.24, 2.45) is 11.3 Å². The molecule has 0 aromatic heterocycles. The Labute approximate surface area is 179 Å². The van der Waals surface area contributed by atoms with E-state index in [1.807, 2.05) is 27.7 Å². The quantitative estimate of drug-likeness (QED) is 0.256. The molecule has 1 aliphatic rings. The van der Waals surface area contributed by atoms with Gasteiger partial charge in [-0.05, 0) is 38.0 Å². The van der Waals surface area contributed by atoms with E-state index >= 15 is 0 Å². The normalized spacial score (nSPS) is 16.3. The van der Waals surface area contributed by atoms with E-state index < -0.39 is 0 Å². The Bertz CT molecular complexity index is 362. The van der Waals surface area contributed by atoms with Gasteiger partial charge in [0.2, 0.25) is 0 Å². The Balaban J connectivity index is -0.000000166. The van der Waals surface area contributed by atoms with Crippen molar-refractivity contribution < 1.29 is 18.6 Å². The molecule has 26 heavy (non-hydrogen) atoms. The van der Waals surface area contributed by atoms with Crippen molar-refractivity contribution in [1.82, 2.24) is 0 Å². The maximum Gasteiger partial charge on any atom is 2.00 e. The van der Waals surface area contributed by atoms with Crippen LogP contribution < -0.4 is 0 Å². The maximum atomic E-state index is 7.59. The average molecular weight is 401 g/mol. The van der Waals surface area contributed by atoms with E-state index in [4.69, 9.17) is 5.73 Å². The van der Waals surface area contributed by atoms with Gasteiger partial charge in [0.05, 0.1) is 0 Å². The summed E-state index contributed by atoms with van der Waals surface area (Å²) < 4.78 is 0. The van der Waals surface area contributed by atoms with Crippen LogP contribution >= 0.6 is 0 Å². The zero-order valence-electron chi connectivity index (χ0n) is 19.4. The van der Waals surface area contributed by atoms with E-state index in [-0.39, 0.29) is 31.5 Å². The fraction of sp³-hybridized carbons (Fsp3) is 0.792. The van der Waals surface area contributed by atoms with Crippen molar-refractivity contribution in [3.8, 4) is 11.8 Å². The van der Waals surface area contributed by atoms with Gasteiger partial charge in [-0.3, -0.25) is 0 Å². The predicted molar refractivity (Wildman–Crippen MR) is 119 cm³/mol. The van der Waals surface area contributed by atoms with Gasteiger partial charge >= 0.3 is 18.6 Å². The van der Waals surface area contributed by atoms with E-state index in [0.717, 1.165) is 19.3 Å². The standard InChI is InChI=1S/C13H20.C8H18N.C2H6.CH3.V/c1-12(2)10-11-13-8-6-4-3-5-7-9-13;1-7(2,3)6-8(4,5)9;1-2;;/h13H,1,3-6,8,10-11H2,2H3;9H,6H2,1-5H3;1-2H3;1H3;/q;-1;;-1;+2. The van der Waals surface area contributed by atoms with Crippen molar-refractivity contribution in [2.75, 3.05) is 0 Å². The third kappa shape index (κ3) is 28.6. The van der Waals surface area contributed by atoms with Gasteiger partial charge in [-0.15, -0.1) is 18.0 Å². The van der Waals surface area contributed by atoms with Crippen LogP contribution in [0, 0.1) is 30.6 Å². The first-order valence-corrected chi connectivity index (χ1v) is 9.87. The number of hydrogen-bond donors (Lipinski definition) is 0. The second-order valence-electron chi connectivity index (χ2n) is 8.73. The minimum absolute atomic E-state index is 0. The maximum absolute atomic E-state index is 7.59. The second kappa shape index (κ2) is 18.2. The molecule has 0 aliphatic heterocycles. The van der Waals surface area contributed by atoms with Crippen LogP contribution in [-0.4, -0.2) is 5.54 Å². The van der Waals surface area contributed by atoms with E-state index in [2.05, 4.69) is 46.1 Å². The second-order valence-corrected chi connectivity index (χ2v) is 8.73. The third-order valence-electron chi connectivity index (χ3n) is 3.55. The van der Waals surface area contributed by atoms with Crippen LogP contribution in [0.5, 0.6) is 0 Å². The molecule has 0 aromatic rings. The Morgan fingerprint density at radius 2 is 1.62 bits per heavy atom. The molecular weight excluding hydrogens is 353 g/mol. The van der Waals surface area contributed by atoms with Gasteiger partial charge in [0.15, 0.2) is 0 Å². The zero-order valence-corrected chi connectivity index (χ0v) is 20.8. The molecule has 1 atom stereocenters. The summed E-state index contributed by atoms with van der Waals surface area (Å²) in [4.78, 5) is 0. The van der Waals surface area contributed by atoms with Crippen LogP contribution in [0.3, 0.4) is 0 Å². The van der Waals surface area contributed by atoms with Gasteiger partial charge in [0.25, 0.3) is 0 Å². The smallest absolute Gasteiger partial charge is 0.672 e. The summed E-state index contributed by atoms with van der Waals surface area (Å²) in [6, 6.07) is 0. The van der Waals surface area contributed by atoms with E-state index in [9.17, 15) is 0 Å². The molecule has 2 heteroatoms. The fourth-order valence-corrected chi connectivity index (χ4v) is 3.03. The van der Waals surface area contributed by atoms with Crippen LogP contribution in [-0.2, 0) is 18.6 Å². The summed E-state index contributed by atoms with van der Waals surface area (Å²) in [6.45, 7) is 20.5. The molecule has 1 unspecified atom stereocenters. The molecule has 0 heterocycles. The first-order valence-electron chi connectivity index (χ1n) is 9.87. The summed E-state index contributed by atoms with van der Waals surface area (Å²) in [5.74, 6) is 7.32. The molecule has 1 aliphatic carbocycles. The van der Waals surface area contributed by atoms with Crippen LogP contribution in [0.15, 0.2) is 12.2 Å². The molecule has 0 spiro atoms. The molecule has 153 valence electrons. The molecule has 1 radical (unpaired) electrons. The van der Waals surface area contributed by atoms with Crippen LogP contribution in [0.1, 0.15) is 107 Å². The summed E-state index contributed by atoms with van der Waals surface area (Å²) >= 11 is 0.